The van der Waals surface area contributed by atoms with Gasteiger partial charge in [-0.3, -0.25) is 14.9 Å². The fraction of sp³-hybridized carbons (Fsp3) is 0.125. The number of para-hydroxylation sites is 2. The highest BCUT2D eigenvalue weighted by molar-refractivity contribution is 6.31. The summed E-state index contributed by atoms with van der Waals surface area (Å²) in [6.07, 6.45) is -4.77. The minimum atomic E-state index is -4.77. The molecule has 0 aliphatic carbocycles. The van der Waals surface area contributed by atoms with E-state index in [4.69, 9.17) is 11.6 Å². The highest BCUT2D eigenvalue weighted by atomic mass is 35.5. The number of hydrogen-bond acceptors (Lipinski definition) is 4. The van der Waals surface area contributed by atoms with Crippen LogP contribution in [0.15, 0.2) is 42.5 Å². The molecule has 0 unspecified atom stereocenters. The summed E-state index contributed by atoms with van der Waals surface area (Å²) in [5.74, 6) is -2.11. The quantitative estimate of drug-likeness (QED) is 0.525. The molecule has 11 heteroatoms. The zero-order valence-corrected chi connectivity index (χ0v) is 14.1. The highest BCUT2D eigenvalue weighted by Crippen LogP contribution is 2.32. The molecule has 140 valence electrons. The lowest BCUT2D eigenvalue weighted by molar-refractivity contribution is -0.383. The molecule has 1 amide bonds. The van der Waals surface area contributed by atoms with Crippen molar-refractivity contribution >= 4 is 39.9 Å². The number of nitrogens with one attached hydrogen (secondary N) is 1. The number of halogens is 4. The zero-order chi connectivity index (χ0) is 19.8. The van der Waals surface area contributed by atoms with E-state index < -0.39 is 35.1 Å². The molecule has 0 bridgehead atoms. The first kappa shape index (κ1) is 18.6. The van der Waals surface area contributed by atoms with Crippen molar-refractivity contribution in [2.75, 3.05) is 5.32 Å². The van der Waals surface area contributed by atoms with Gasteiger partial charge in [0.2, 0.25) is 11.7 Å². The first-order valence-corrected chi connectivity index (χ1v) is 7.81. The number of benzene rings is 2. The van der Waals surface area contributed by atoms with E-state index >= 15 is 0 Å². The second-order valence-electron chi connectivity index (χ2n) is 5.47. The lowest BCUT2D eigenvalue weighted by atomic mass is 10.2. The van der Waals surface area contributed by atoms with Crippen LogP contribution in [0.4, 0.5) is 24.5 Å². The predicted molar refractivity (Wildman–Crippen MR) is 91.5 cm³/mol. The number of carbonyl (C=O) groups is 1. The van der Waals surface area contributed by atoms with Gasteiger partial charge in [-0.05, 0) is 24.3 Å². The van der Waals surface area contributed by atoms with Gasteiger partial charge in [-0.25, -0.2) is 4.98 Å². The van der Waals surface area contributed by atoms with Crippen molar-refractivity contribution in [3.05, 3.63) is 63.4 Å². The number of fused-ring (bicyclic) bond motifs is 1. The van der Waals surface area contributed by atoms with Gasteiger partial charge in [0.15, 0.2) is 0 Å². The van der Waals surface area contributed by atoms with Crippen LogP contribution in [0.5, 0.6) is 0 Å². The number of hydrogen-bond donors (Lipinski definition) is 1. The Bertz CT molecular complexity index is 1050. The standard InChI is InChI=1S/C16H10ClF3N4O3/c17-9-5-6-11(13(7-9)24(26)27)21-14(25)8-23-12-4-2-1-3-10(12)22-15(23)16(18,19)20/h1-7H,8H2,(H,21,25). The lowest BCUT2D eigenvalue weighted by Gasteiger charge is -2.12. The molecule has 3 rings (SSSR count). The van der Waals surface area contributed by atoms with E-state index in [-0.39, 0.29) is 21.7 Å². The Kier molecular flexibility index (Phi) is 4.75. The van der Waals surface area contributed by atoms with Crippen molar-refractivity contribution in [3.8, 4) is 0 Å². The number of amides is 1. The number of imidazole rings is 1. The van der Waals surface area contributed by atoms with E-state index in [1.807, 2.05) is 0 Å². The zero-order valence-electron chi connectivity index (χ0n) is 13.3. The summed E-state index contributed by atoms with van der Waals surface area (Å²) in [7, 11) is 0. The summed E-state index contributed by atoms with van der Waals surface area (Å²) in [4.78, 5) is 26.1. The number of anilines is 1. The first-order valence-electron chi connectivity index (χ1n) is 7.43. The smallest absolute Gasteiger partial charge is 0.319 e. The molecule has 1 N–H and O–H groups in total. The molecule has 7 nitrogen and oxygen atoms in total. The van der Waals surface area contributed by atoms with Gasteiger partial charge in [-0.2, -0.15) is 13.2 Å². The van der Waals surface area contributed by atoms with Crippen LogP contribution in [0.3, 0.4) is 0 Å². The van der Waals surface area contributed by atoms with E-state index in [1.54, 1.807) is 0 Å². The van der Waals surface area contributed by atoms with E-state index in [1.165, 1.54) is 36.4 Å². The van der Waals surface area contributed by atoms with Crippen LogP contribution in [0.25, 0.3) is 11.0 Å². The summed E-state index contributed by atoms with van der Waals surface area (Å²) < 4.78 is 40.5. The van der Waals surface area contributed by atoms with Crippen molar-refractivity contribution in [2.24, 2.45) is 0 Å². The fourth-order valence-corrected chi connectivity index (χ4v) is 2.71. The van der Waals surface area contributed by atoms with Crippen LogP contribution >= 0.6 is 11.6 Å². The van der Waals surface area contributed by atoms with Crippen LogP contribution in [0.2, 0.25) is 5.02 Å². The molecule has 0 spiro atoms. The molecule has 0 atom stereocenters. The molecule has 0 saturated carbocycles. The van der Waals surface area contributed by atoms with Gasteiger partial charge in [0, 0.05) is 11.1 Å². The van der Waals surface area contributed by atoms with Gasteiger partial charge in [0.1, 0.15) is 12.2 Å². The number of aromatic nitrogens is 2. The molecule has 0 aliphatic heterocycles. The molecule has 0 fully saturated rings. The average molecular weight is 399 g/mol. The third-order valence-corrected chi connectivity index (χ3v) is 3.88. The van der Waals surface area contributed by atoms with Crippen LogP contribution < -0.4 is 5.32 Å². The Balaban J connectivity index is 1.95. The second kappa shape index (κ2) is 6.88. The molecular weight excluding hydrogens is 389 g/mol. The normalized spacial score (nSPS) is 11.6. The Morgan fingerprint density at radius 3 is 2.63 bits per heavy atom. The first-order chi connectivity index (χ1) is 12.7. The topological polar surface area (TPSA) is 90.1 Å². The van der Waals surface area contributed by atoms with Crippen molar-refractivity contribution < 1.29 is 22.9 Å². The van der Waals surface area contributed by atoms with Crippen LogP contribution in [-0.4, -0.2) is 20.4 Å². The van der Waals surface area contributed by atoms with E-state index in [9.17, 15) is 28.1 Å². The van der Waals surface area contributed by atoms with Crippen molar-refractivity contribution in [3.63, 3.8) is 0 Å². The summed E-state index contributed by atoms with van der Waals surface area (Å²) >= 11 is 5.69. The number of alkyl halides is 3. The summed E-state index contributed by atoms with van der Waals surface area (Å²) in [5.41, 5.74) is -0.449. The summed E-state index contributed by atoms with van der Waals surface area (Å²) in [5, 5.41) is 13.4. The van der Waals surface area contributed by atoms with Gasteiger partial charge in [0.25, 0.3) is 5.69 Å². The van der Waals surface area contributed by atoms with Crippen molar-refractivity contribution in [1.29, 1.82) is 0 Å². The number of nitrogens with zero attached hydrogens (tertiary/aromatic N) is 3. The number of nitro benzene ring substituents is 1. The Hall–Kier alpha value is -3.14. The van der Waals surface area contributed by atoms with E-state index in [0.29, 0.717) is 4.57 Å². The molecule has 2 aromatic carbocycles. The fourth-order valence-electron chi connectivity index (χ4n) is 2.55. The number of rotatable bonds is 4. The van der Waals surface area contributed by atoms with E-state index in [0.717, 1.165) is 6.07 Å². The van der Waals surface area contributed by atoms with Gasteiger partial charge >= 0.3 is 6.18 Å². The molecule has 0 radical (unpaired) electrons. The van der Waals surface area contributed by atoms with Gasteiger partial charge in [-0.1, -0.05) is 23.7 Å². The molecular formula is C16H10ClF3N4O3. The number of carbonyl (C=O) groups excluding carboxylic acids is 1. The lowest BCUT2D eigenvalue weighted by Crippen LogP contribution is -2.23. The van der Waals surface area contributed by atoms with Gasteiger partial charge < -0.3 is 9.88 Å². The highest BCUT2D eigenvalue weighted by Gasteiger charge is 2.38. The third kappa shape index (κ3) is 3.85. The number of nitro groups is 1. The monoisotopic (exact) mass is 398 g/mol. The van der Waals surface area contributed by atoms with Crippen LogP contribution in [0.1, 0.15) is 5.82 Å². The molecule has 0 saturated heterocycles. The Morgan fingerprint density at radius 2 is 1.96 bits per heavy atom. The SMILES string of the molecule is O=C(Cn1c(C(F)(F)F)nc2ccccc21)Nc1ccc(Cl)cc1[N+](=O)[O-]. The molecule has 1 heterocycles. The predicted octanol–water partition coefficient (Wildman–Crippen LogP) is 4.26. The Labute approximate surface area is 154 Å². The minimum Gasteiger partial charge on any atom is -0.319 e. The molecule has 27 heavy (non-hydrogen) atoms. The van der Waals surface area contributed by atoms with Crippen molar-refractivity contribution in [2.45, 2.75) is 12.7 Å². The van der Waals surface area contributed by atoms with Crippen molar-refractivity contribution in [1.82, 2.24) is 9.55 Å². The molecule has 3 aromatic rings. The maximum atomic E-state index is 13.3. The van der Waals surface area contributed by atoms with Gasteiger partial charge in [-0.15, -0.1) is 0 Å². The Morgan fingerprint density at radius 1 is 1.26 bits per heavy atom. The minimum absolute atomic E-state index is 0.0788. The third-order valence-electron chi connectivity index (χ3n) is 3.64. The maximum absolute atomic E-state index is 13.3. The second-order valence-corrected chi connectivity index (χ2v) is 5.91. The molecule has 0 aliphatic rings. The summed E-state index contributed by atoms with van der Waals surface area (Å²) in [6, 6.07) is 9.39. The van der Waals surface area contributed by atoms with Crippen LogP contribution in [0, 0.1) is 10.1 Å². The molecule has 1 aromatic heterocycles. The van der Waals surface area contributed by atoms with Gasteiger partial charge in [0.05, 0.1) is 16.0 Å². The summed E-state index contributed by atoms with van der Waals surface area (Å²) in [6.45, 7) is -0.727. The largest absolute Gasteiger partial charge is 0.449 e. The van der Waals surface area contributed by atoms with E-state index in [2.05, 4.69) is 10.3 Å². The average Bonchev–Trinajstić information content (AvgIpc) is 2.95. The van der Waals surface area contributed by atoms with Crippen LogP contribution in [-0.2, 0) is 17.5 Å². The maximum Gasteiger partial charge on any atom is 0.449 e.